The third-order valence-electron chi connectivity index (χ3n) is 5.49. The molecule has 3 rings (SSSR count). The Bertz CT molecular complexity index is 904. The molecule has 0 bridgehead atoms. The molecule has 8 heteroatoms. The van der Waals surface area contributed by atoms with Gasteiger partial charge in [0, 0.05) is 19.5 Å². The number of carbonyl (C=O) groups is 2. The van der Waals surface area contributed by atoms with Crippen LogP contribution in [0.15, 0.2) is 29.8 Å². The lowest BCUT2D eigenvalue weighted by atomic mass is 9.86. The van der Waals surface area contributed by atoms with Crippen LogP contribution in [-0.4, -0.2) is 51.5 Å². The summed E-state index contributed by atoms with van der Waals surface area (Å²) < 4.78 is 0. The summed E-state index contributed by atoms with van der Waals surface area (Å²) >= 11 is 1.60. The summed E-state index contributed by atoms with van der Waals surface area (Å²) in [6.45, 7) is 8.11. The maximum atomic E-state index is 12.8. The Morgan fingerprint density at radius 1 is 1.33 bits per heavy atom. The number of nitrogens with two attached hydrogens (primary N) is 1. The van der Waals surface area contributed by atoms with E-state index < -0.39 is 23.6 Å². The van der Waals surface area contributed by atoms with E-state index in [2.05, 4.69) is 10.3 Å². The van der Waals surface area contributed by atoms with E-state index in [0.29, 0.717) is 6.54 Å². The van der Waals surface area contributed by atoms with Crippen molar-refractivity contribution in [2.24, 2.45) is 11.1 Å². The van der Waals surface area contributed by atoms with Crippen LogP contribution in [0.5, 0.6) is 0 Å². The number of likely N-dealkylation sites (tertiary alicyclic amines) is 1. The summed E-state index contributed by atoms with van der Waals surface area (Å²) in [7, 11) is 0. The number of carbonyl (C=O) groups excluding carboxylic acids is 2. The number of β-amino-alcohol motifs (C(OH)–C–C–N with tert-alkyl or cyclic N) is 1. The maximum absolute atomic E-state index is 12.8. The molecule has 4 N–H and O–H groups in total. The van der Waals surface area contributed by atoms with Gasteiger partial charge in [0.1, 0.15) is 6.04 Å². The molecule has 162 valence electrons. The molecule has 7 nitrogen and oxygen atoms in total. The molecular weight excluding hydrogens is 400 g/mol. The van der Waals surface area contributed by atoms with Gasteiger partial charge in [-0.2, -0.15) is 0 Å². The zero-order valence-electron chi connectivity index (χ0n) is 17.9. The number of aliphatic hydroxyl groups is 1. The molecule has 0 radical (unpaired) electrons. The minimum atomic E-state index is -0.735. The predicted octanol–water partition coefficient (Wildman–Crippen LogP) is 2.07. The standard InChI is InChI=1S/C22H30N4O3S/c1-13-18(30-12-25-13)15-7-5-14(6-8-15)10-24-20(28)17-9-16(27)11-26(17)21(29)19(23)22(2,3)4/h5-8,12,16-17,19,27H,9-11,23H2,1-4H3,(H,24,28)/t16?,17?,19-/m0/s1. The van der Waals surface area contributed by atoms with Gasteiger partial charge >= 0.3 is 0 Å². The van der Waals surface area contributed by atoms with Crippen LogP contribution < -0.4 is 11.1 Å². The lowest BCUT2D eigenvalue weighted by molar-refractivity contribution is -0.141. The Hall–Kier alpha value is -2.29. The fourth-order valence-corrected chi connectivity index (χ4v) is 4.33. The van der Waals surface area contributed by atoms with Gasteiger partial charge in [-0.15, -0.1) is 11.3 Å². The first-order valence-electron chi connectivity index (χ1n) is 10.1. The number of nitrogens with one attached hydrogen (secondary N) is 1. The SMILES string of the molecule is Cc1ncsc1-c1ccc(CNC(=O)C2CC(O)CN2C(=O)[C@H](N)C(C)(C)C)cc1. The Morgan fingerprint density at radius 2 is 2.00 bits per heavy atom. The normalized spacial score (nSPS) is 20.3. The van der Waals surface area contributed by atoms with Crippen LogP contribution in [0.2, 0.25) is 0 Å². The zero-order valence-corrected chi connectivity index (χ0v) is 18.7. The van der Waals surface area contributed by atoms with Crippen molar-refractivity contribution >= 4 is 23.2 Å². The first kappa shape index (κ1) is 22.4. The Kier molecular flexibility index (Phi) is 6.59. The third-order valence-corrected chi connectivity index (χ3v) is 6.47. The van der Waals surface area contributed by atoms with Crippen LogP contribution in [0, 0.1) is 12.3 Å². The van der Waals surface area contributed by atoms with E-state index in [0.717, 1.165) is 21.7 Å². The van der Waals surface area contributed by atoms with Crippen molar-refractivity contribution in [3.63, 3.8) is 0 Å². The lowest BCUT2D eigenvalue weighted by Gasteiger charge is -2.32. The summed E-state index contributed by atoms with van der Waals surface area (Å²) in [4.78, 5) is 32.4. The van der Waals surface area contributed by atoms with E-state index in [9.17, 15) is 14.7 Å². The first-order valence-corrected chi connectivity index (χ1v) is 11.0. The van der Waals surface area contributed by atoms with Crippen molar-refractivity contribution in [2.75, 3.05) is 6.54 Å². The fourth-order valence-electron chi connectivity index (χ4n) is 3.51. The lowest BCUT2D eigenvalue weighted by Crippen LogP contribution is -2.54. The molecule has 1 aromatic heterocycles. The van der Waals surface area contributed by atoms with Crippen molar-refractivity contribution < 1.29 is 14.7 Å². The Morgan fingerprint density at radius 3 is 2.57 bits per heavy atom. The van der Waals surface area contributed by atoms with Crippen LogP contribution in [0.4, 0.5) is 0 Å². The molecular formula is C22H30N4O3S. The molecule has 2 heterocycles. The topological polar surface area (TPSA) is 109 Å². The highest BCUT2D eigenvalue weighted by molar-refractivity contribution is 7.13. The first-order chi connectivity index (χ1) is 14.1. The monoisotopic (exact) mass is 430 g/mol. The van der Waals surface area contributed by atoms with E-state index in [1.807, 2.05) is 57.5 Å². The van der Waals surface area contributed by atoms with Gasteiger partial charge in [0.2, 0.25) is 11.8 Å². The number of hydrogen-bond donors (Lipinski definition) is 3. The Labute approximate surface area is 181 Å². The molecule has 2 amide bonds. The van der Waals surface area contributed by atoms with Gasteiger partial charge in [-0.25, -0.2) is 4.98 Å². The van der Waals surface area contributed by atoms with E-state index >= 15 is 0 Å². The summed E-state index contributed by atoms with van der Waals surface area (Å²) in [6, 6.07) is 6.52. The molecule has 0 spiro atoms. The molecule has 1 aromatic carbocycles. The van der Waals surface area contributed by atoms with Crippen LogP contribution in [0.25, 0.3) is 10.4 Å². The van der Waals surface area contributed by atoms with E-state index in [4.69, 9.17) is 5.73 Å². The number of aryl methyl sites for hydroxylation is 1. The fraction of sp³-hybridized carbons (Fsp3) is 0.500. The van der Waals surface area contributed by atoms with Crippen LogP contribution in [-0.2, 0) is 16.1 Å². The van der Waals surface area contributed by atoms with Gasteiger partial charge in [0.25, 0.3) is 0 Å². The van der Waals surface area contributed by atoms with E-state index in [1.54, 1.807) is 11.3 Å². The number of aromatic nitrogens is 1. The van der Waals surface area contributed by atoms with Gasteiger partial charge in [0.15, 0.2) is 0 Å². The number of amides is 2. The minimum Gasteiger partial charge on any atom is -0.391 e. The third kappa shape index (κ3) is 4.88. The van der Waals surface area contributed by atoms with Crippen LogP contribution in [0.3, 0.4) is 0 Å². The summed E-state index contributed by atoms with van der Waals surface area (Å²) in [5.41, 5.74) is 10.6. The molecule has 2 unspecified atom stereocenters. The van der Waals surface area contributed by atoms with Gasteiger partial charge in [-0.05, 0) is 23.5 Å². The van der Waals surface area contributed by atoms with Gasteiger partial charge in [-0.1, -0.05) is 45.0 Å². The van der Waals surface area contributed by atoms with Crippen LogP contribution in [0.1, 0.15) is 38.4 Å². The average molecular weight is 431 g/mol. The van der Waals surface area contributed by atoms with E-state index in [-0.39, 0.29) is 24.8 Å². The number of rotatable bonds is 5. The Balaban J connectivity index is 1.63. The number of aliphatic hydroxyl groups excluding tert-OH is 1. The number of benzene rings is 1. The number of hydrogen-bond acceptors (Lipinski definition) is 6. The molecule has 3 atom stereocenters. The largest absolute Gasteiger partial charge is 0.391 e. The predicted molar refractivity (Wildman–Crippen MR) is 118 cm³/mol. The second-order valence-electron chi connectivity index (χ2n) is 8.92. The van der Waals surface area contributed by atoms with Crippen LogP contribution >= 0.6 is 11.3 Å². The summed E-state index contributed by atoms with van der Waals surface area (Å²) in [5.74, 6) is -0.577. The van der Waals surface area contributed by atoms with Gasteiger partial charge < -0.3 is 21.1 Å². The second-order valence-corrected chi connectivity index (χ2v) is 9.78. The molecule has 1 fully saturated rings. The van der Waals surface area contributed by atoms with Gasteiger partial charge in [0.05, 0.1) is 28.2 Å². The van der Waals surface area contributed by atoms with Crippen molar-refractivity contribution in [2.45, 2.75) is 58.8 Å². The quantitative estimate of drug-likeness (QED) is 0.673. The molecule has 1 aliphatic heterocycles. The van der Waals surface area contributed by atoms with Gasteiger partial charge in [-0.3, -0.25) is 9.59 Å². The highest BCUT2D eigenvalue weighted by atomic mass is 32.1. The van der Waals surface area contributed by atoms with Crippen molar-refractivity contribution in [1.29, 1.82) is 0 Å². The highest BCUT2D eigenvalue weighted by Crippen LogP contribution is 2.27. The molecule has 1 aliphatic rings. The van der Waals surface area contributed by atoms with E-state index in [1.165, 1.54) is 4.90 Å². The van der Waals surface area contributed by atoms with Crippen molar-refractivity contribution in [1.82, 2.24) is 15.2 Å². The molecule has 2 aromatic rings. The van der Waals surface area contributed by atoms with Crippen molar-refractivity contribution in [3.8, 4) is 10.4 Å². The summed E-state index contributed by atoms with van der Waals surface area (Å²) in [5, 5.41) is 13.0. The number of thiazole rings is 1. The summed E-state index contributed by atoms with van der Waals surface area (Å²) in [6.07, 6.45) is -0.503. The molecule has 0 saturated carbocycles. The second kappa shape index (κ2) is 8.83. The molecule has 30 heavy (non-hydrogen) atoms. The number of nitrogens with zero attached hydrogens (tertiary/aromatic N) is 2. The smallest absolute Gasteiger partial charge is 0.243 e. The highest BCUT2D eigenvalue weighted by Gasteiger charge is 2.42. The minimum absolute atomic E-state index is 0.129. The zero-order chi connectivity index (χ0) is 22.1. The van der Waals surface area contributed by atoms with Crippen molar-refractivity contribution in [3.05, 3.63) is 41.0 Å². The molecule has 1 saturated heterocycles. The average Bonchev–Trinajstić information content (AvgIpc) is 3.30. The molecule has 0 aliphatic carbocycles. The maximum Gasteiger partial charge on any atom is 0.243 e.